The third kappa shape index (κ3) is 1.89. The minimum atomic E-state index is 0.281. The molecular weight excluding hydrogens is 240 g/mol. The number of nitrogens with zero attached hydrogens (tertiary/aromatic N) is 3. The molecule has 0 saturated heterocycles. The molecule has 0 unspecified atom stereocenters. The fourth-order valence-corrected chi connectivity index (χ4v) is 2.22. The first kappa shape index (κ1) is 11.5. The summed E-state index contributed by atoms with van der Waals surface area (Å²) in [7, 11) is 3.66. The Morgan fingerprint density at radius 3 is 2.84 bits per heavy atom. The Labute approximate surface area is 110 Å². The molecule has 0 saturated carbocycles. The molecular formula is C14H14N4O. The van der Waals surface area contributed by atoms with Crippen molar-refractivity contribution in [2.75, 3.05) is 12.8 Å². The van der Waals surface area contributed by atoms with Gasteiger partial charge < -0.3 is 15.0 Å². The van der Waals surface area contributed by atoms with Gasteiger partial charge >= 0.3 is 0 Å². The largest absolute Gasteiger partial charge is 0.497 e. The summed E-state index contributed by atoms with van der Waals surface area (Å²) in [5.74, 6) is 1.12. The highest BCUT2D eigenvalue weighted by Gasteiger charge is 2.10. The van der Waals surface area contributed by atoms with E-state index >= 15 is 0 Å². The Kier molecular flexibility index (Phi) is 2.59. The lowest BCUT2D eigenvalue weighted by atomic mass is 10.1. The van der Waals surface area contributed by atoms with E-state index in [1.54, 1.807) is 13.3 Å². The Bertz CT molecular complexity index is 748. The van der Waals surface area contributed by atoms with Gasteiger partial charge in [-0.1, -0.05) is 0 Å². The van der Waals surface area contributed by atoms with E-state index < -0.39 is 0 Å². The fourth-order valence-electron chi connectivity index (χ4n) is 2.22. The number of ether oxygens (including phenoxy) is 1. The van der Waals surface area contributed by atoms with Crippen molar-refractivity contribution in [2.24, 2.45) is 7.05 Å². The number of fused-ring (bicyclic) bond motifs is 1. The van der Waals surface area contributed by atoms with Gasteiger partial charge in [0.2, 0.25) is 5.95 Å². The molecule has 0 fully saturated rings. The predicted molar refractivity (Wildman–Crippen MR) is 74.9 cm³/mol. The second-order valence-electron chi connectivity index (χ2n) is 4.34. The first-order valence-electron chi connectivity index (χ1n) is 5.91. The fraction of sp³-hybridized carbons (Fsp3) is 0.143. The number of benzene rings is 1. The second kappa shape index (κ2) is 4.28. The number of nitrogen functional groups attached to an aromatic ring is 1. The molecule has 0 amide bonds. The van der Waals surface area contributed by atoms with Crippen molar-refractivity contribution in [2.45, 2.75) is 0 Å². The van der Waals surface area contributed by atoms with Gasteiger partial charge in [-0.05, 0) is 18.2 Å². The van der Waals surface area contributed by atoms with Crippen LogP contribution in [0.1, 0.15) is 0 Å². The molecule has 2 N–H and O–H groups in total. The van der Waals surface area contributed by atoms with E-state index in [0.717, 1.165) is 27.9 Å². The van der Waals surface area contributed by atoms with E-state index in [9.17, 15) is 0 Å². The van der Waals surface area contributed by atoms with Crippen molar-refractivity contribution in [3.63, 3.8) is 0 Å². The zero-order valence-electron chi connectivity index (χ0n) is 10.8. The number of nitrogens with two attached hydrogens (primary N) is 1. The third-order valence-corrected chi connectivity index (χ3v) is 3.15. The van der Waals surface area contributed by atoms with Crippen LogP contribution in [-0.4, -0.2) is 21.6 Å². The zero-order valence-corrected chi connectivity index (χ0v) is 10.8. The molecule has 0 aliphatic rings. The average molecular weight is 254 g/mol. The summed E-state index contributed by atoms with van der Waals surface area (Å²) in [5.41, 5.74) is 8.59. The smallest absolute Gasteiger partial charge is 0.220 e. The van der Waals surface area contributed by atoms with E-state index in [0.29, 0.717) is 0 Å². The van der Waals surface area contributed by atoms with Crippen molar-refractivity contribution >= 4 is 16.9 Å². The number of hydrogen-bond acceptors (Lipinski definition) is 4. The highest BCUT2D eigenvalue weighted by molar-refractivity contribution is 5.95. The second-order valence-corrected chi connectivity index (χ2v) is 4.34. The van der Waals surface area contributed by atoms with E-state index in [2.05, 4.69) is 9.97 Å². The summed E-state index contributed by atoms with van der Waals surface area (Å²) in [4.78, 5) is 8.19. The quantitative estimate of drug-likeness (QED) is 0.761. The topological polar surface area (TPSA) is 66.0 Å². The number of anilines is 1. The molecule has 3 rings (SSSR count). The van der Waals surface area contributed by atoms with Gasteiger partial charge in [-0.3, -0.25) is 0 Å². The van der Waals surface area contributed by atoms with Crippen LogP contribution in [0.5, 0.6) is 5.75 Å². The van der Waals surface area contributed by atoms with Crippen LogP contribution in [0.2, 0.25) is 0 Å². The first-order chi connectivity index (χ1) is 9.19. The maximum absolute atomic E-state index is 5.64. The summed E-state index contributed by atoms with van der Waals surface area (Å²) in [6, 6.07) is 7.83. The van der Waals surface area contributed by atoms with Crippen molar-refractivity contribution in [1.82, 2.24) is 14.5 Å². The van der Waals surface area contributed by atoms with Crippen molar-refractivity contribution in [3.8, 4) is 17.0 Å². The molecule has 1 aromatic carbocycles. The van der Waals surface area contributed by atoms with Gasteiger partial charge in [-0.2, -0.15) is 0 Å². The normalized spacial score (nSPS) is 10.8. The number of methoxy groups -OCH3 is 1. The molecule has 5 heteroatoms. The minimum absolute atomic E-state index is 0.281. The lowest BCUT2D eigenvalue weighted by Crippen LogP contribution is -1.94. The van der Waals surface area contributed by atoms with Crippen LogP contribution in [0.25, 0.3) is 22.2 Å². The lowest BCUT2D eigenvalue weighted by molar-refractivity contribution is 0.415. The molecule has 2 aromatic heterocycles. The molecule has 5 nitrogen and oxygen atoms in total. The summed E-state index contributed by atoms with van der Waals surface area (Å²) >= 11 is 0. The standard InChI is InChI=1S/C14H14N4O/c1-18-8-11(12-5-6-16-14(15)17-12)10-4-3-9(19-2)7-13(10)18/h3-8H,1-2H3,(H2,15,16,17). The minimum Gasteiger partial charge on any atom is -0.497 e. The van der Waals surface area contributed by atoms with Crippen LogP contribution in [-0.2, 0) is 7.05 Å². The van der Waals surface area contributed by atoms with Gasteiger partial charge in [0.25, 0.3) is 0 Å². The summed E-state index contributed by atoms with van der Waals surface area (Å²) in [5, 5.41) is 1.11. The van der Waals surface area contributed by atoms with Crippen LogP contribution in [0, 0.1) is 0 Å². The third-order valence-electron chi connectivity index (χ3n) is 3.15. The molecule has 0 spiro atoms. The maximum Gasteiger partial charge on any atom is 0.220 e. The summed E-state index contributed by atoms with van der Waals surface area (Å²) < 4.78 is 7.30. The Morgan fingerprint density at radius 2 is 2.11 bits per heavy atom. The Hall–Kier alpha value is -2.56. The van der Waals surface area contributed by atoms with E-state index in [-0.39, 0.29) is 5.95 Å². The van der Waals surface area contributed by atoms with Crippen LogP contribution < -0.4 is 10.5 Å². The Balaban J connectivity index is 2.25. The number of rotatable bonds is 2. The molecule has 96 valence electrons. The molecule has 0 radical (unpaired) electrons. The highest BCUT2D eigenvalue weighted by atomic mass is 16.5. The first-order valence-corrected chi connectivity index (χ1v) is 5.91. The maximum atomic E-state index is 5.64. The van der Waals surface area contributed by atoms with Gasteiger partial charge in [-0.25, -0.2) is 9.97 Å². The van der Waals surface area contributed by atoms with Gasteiger partial charge in [-0.15, -0.1) is 0 Å². The van der Waals surface area contributed by atoms with Crippen molar-refractivity contribution in [1.29, 1.82) is 0 Å². The van der Waals surface area contributed by atoms with Crippen LogP contribution in [0.15, 0.2) is 36.7 Å². The molecule has 19 heavy (non-hydrogen) atoms. The molecule has 2 heterocycles. The SMILES string of the molecule is COc1ccc2c(-c3ccnc(N)n3)cn(C)c2c1. The van der Waals surface area contributed by atoms with Crippen LogP contribution in [0.3, 0.4) is 0 Å². The zero-order chi connectivity index (χ0) is 13.4. The van der Waals surface area contributed by atoms with Gasteiger partial charge in [0, 0.05) is 36.5 Å². The van der Waals surface area contributed by atoms with Crippen LogP contribution >= 0.6 is 0 Å². The van der Waals surface area contributed by atoms with Crippen molar-refractivity contribution in [3.05, 3.63) is 36.7 Å². The average Bonchev–Trinajstić information content (AvgIpc) is 2.76. The Morgan fingerprint density at radius 1 is 1.26 bits per heavy atom. The van der Waals surface area contributed by atoms with E-state index in [1.165, 1.54) is 0 Å². The van der Waals surface area contributed by atoms with Gasteiger partial charge in [0.1, 0.15) is 5.75 Å². The molecule has 0 aliphatic carbocycles. The van der Waals surface area contributed by atoms with Crippen molar-refractivity contribution < 1.29 is 4.74 Å². The number of hydrogen-bond donors (Lipinski definition) is 1. The van der Waals surface area contributed by atoms with Crippen LogP contribution in [0.4, 0.5) is 5.95 Å². The lowest BCUT2D eigenvalue weighted by Gasteiger charge is -2.02. The highest BCUT2D eigenvalue weighted by Crippen LogP contribution is 2.31. The molecule has 0 bridgehead atoms. The molecule has 0 atom stereocenters. The molecule has 0 aliphatic heterocycles. The molecule has 3 aromatic rings. The van der Waals surface area contributed by atoms with Gasteiger partial charge in [0.05, 0.1) is 18.3 Å². The number of aromatic nitrogens is 3. The monoisotopic (exact) mass is 254 g/mol. The van der Waals surface area contributed by atoms with Gasteiger partial charge in [0.15, 0.2) is 0 Å². The van der Waals surface area contributed by atoms with E-state index in [4.69, 9.17) is 10.5 Å². The summed E-state index contributed by atoms with van der Waals surface area (Å²) in [6.45, 7) is 0. The number of aryl methyl sites for hydroxylation is 1. The van der Waals surface area contributed by atoms with E-state index in [1.807, 2.05) is 42.1 Å². The summed E-state index contributed by atoms with van der Waals surface area (Å²) in [6.07, 6.45) is 3.70. The predicted octanol–water partition coefficient (Wildman–Crippen LogP) is 2.23.